The Labute approximate surface area is 99.8 Å². The Morgan fingerprint density at radius 1 is 1.27 bits per heavy atom. The number of hydrogen-bond acceptors (Lipinski definition) is 2. The van der Waals surface area contributed by atoms with Gasteiger partial charge in [0.05, 0.1) is 0 Å². The molecule has 0 saturated carbocycles. The second-order valence-electron chi connectivity index (χ2n) is 3.97. The Balaban J connectivity index is 2.23. The first-order valence-electron chi connectivity index (χ1n) is 5.50. The molecule has 0 amide bonds. The van der Waals surface area contributed by atoms with Gasteiger partial charge in [-0.3, -0.25) is 0 Å². The smallest absolute Gasteiger partial charge is 0.0407 e. The fraction of sp³-hybridized carbons (Fsp3) is 0.500. The highest BCUT2D eigenvalue weighted by molar-refractivity contribution is 9.10. The van der Waals surface area contributed by atoms with Crippen LogP contribution in [0, 0.1) is 6.92 Å². The normalized spacial score (nSPS) is 17.6. The van der Waals surface area contributed by atoms with E-state index >= 15 is 0 Å². The SMILES string of the molecule is Cc1c(Br)cccc1N1CCCNCC1. The molecule has 0 aliphatic carbocycles. The predicted octanol–water partition coefficient (Wildman–Crippen LogP) is 2.56. The van der Waals surface area contributed by atoms with Crippen molar-refractivity contribution in [2.45, 2.75) is 13.3 Å². The van der Waals surface area contributed by atoms with E-state index in [4.69, 9.17) is 0 Å². The van der Waals surface area contributed by atoms with Gasteiger partial charge in [-0.25, -0.2) is 0 Å². The van der Waals surface area contributed by atoms with E-state index in [2.05, 4.69) is 51.3 Å². The van der Waals surface area contributed by atoms with Crippen LogP contribution in [0.1, 0.15) is 12.0 Å². The van der Waals surface area contributed by atoms with Gasteiger partial charge < -0.3 is 10.2 Å². The summed E-state index contributed by atoms with van der Waals surface area (Å²) in [6.07, 6.45) is 1.23. The van der Waals surface area contributed by atoms with E-state index in [1.165, 1.54) is 22.1 Å². The summed E-state index contributed by atoms with van der Waals surface area (Å²) in [5, 5.41) is 3.43. The van der Waals surface area contributed by atoms with Gasteiger partial charge in [-0.05, 0) is 37.6 Å². The number of rotatable bonds is 1. The lowest BCUT2D eigenvalue weighted by Crippen LogP contribution is -2.28. The lowest BCUT2D eigenvalue weighted by atomic mass is 10.2. The molecule has 1 saturated heterocycles. The third kappa shape index (κ3) is 2.52. The molecule has 0 bridgehead atoms. The molecule has 15 heavy (non-hydrogen) atoms. The number of benzene rings is 1. The quantitative estimate of drug-likeness (QED) is 0.843. The number of halogens is 1. The summed E-state index contributed by atoms with van der Waals surface area (Å²) in [6.45, 7) is 6.68. The molecule has 1 aromatic rings. The molecule has 0 spiro atoms. The Hall–Kier alpha value is -0.540. The van der Waals surface area contributed by atoms with Crippen LogP contribution in [-0.2, 0) is 0 Å². The maximum Gasteiger partial charge on any atom is 0.0407 e. The zero-order valence-corrected chi connectivity index (χ0v) is 10.7. The molecular formula is C12H17BrN2. The van der Waals surface area contributed by atoms with Crippen molar-refractivity contribution in [1.82, 2.24) is 5.32 Å². The molecule has 1 heterocycles. The van der Waals surface area contributed by atoms with Crippen molar-refractivity contribution in [2.75, 3.05) is 31.1 Å². The van der Waals surface area contributed by atoms with Crippen molar-refractivity contribution < 1.29 is 0 Å². The van der Waals surface area contributed by atoms with Crippen molar-refractivity contribution in [1.29, 1.82) is 0 Å². The zero-order valence-electron chi connectivity index (χ0n) is 9.09. The third-order valence-corrected chi connectivity index (χ3v) is 3.78. The molecule has 0 unspecified atom stereocenters. The Morgan fingerprint density at radius 2 is 2.13 bits per heavy atom. The predicted molar refractivity (Wildman–Crippen MR) is 68.6 cm³/mol. The van der Waals surface area contributed by atoms with Crippen molar-refractivity contribution in [3.05, 3.63) is 28.2 Å². The van der Waals surface area contributed by atoms with Crippen LogP contribution in [0.3, 0.4) is 0 Å². The molecule has 1 aromatic carbocycles. The van der Waals surface area contributed by atoms with Crippen LogP contribution in [0.4, 0.5) is 5.69 Å². The minimum absolute atomic E-state index is 1.09. The zero-order chi connectivity index (χ0) is 10.7. The van der Waals surface area contributed by atoms with E-state index in [0.29, 0.717) is 0 Å². The molecule has 2 nitrogen and oxygen atoms in total. The van der Waals surface area contributed by atoms with Crippen LogP contribution in [0.5, 0.6) is 0 Å². The highest BCUT2D eigenvalue weighted by atomic mass is 79.9. The monoisotopic (exact) mass is 268 g/mol. The number of nitrogens with zero attached hydrogens (tertiary/aromatic N) is 1. The molecular weight excluding hydrogens is 252 g/mol. The highest BCUT2D eigenvalue weighted by Gasteiger charge is 2.12. The molecule has 0 atom stereocenters. The summed E-state index contributed by atoms with van der Waals surface area (Å²) in [7, 11) is 0. The maximum absolute atomic E-state index is 3.59. The van der Waals surface area contributed by atoms with E-state index in [0.717, 1.165) is 26.2 Å². The van der Waals surface area contributed by atoms with Crippen molar-refractivity contribution in [3.63, 3.8) is 0 Å². The van der Waals surface area contributed by atoms with Crippen LogP contribution < -0.4 is 10.2 Å². The summed E-state index contributed by atoms with van der Waals surface area (Å²) < 4.78 is 1.21. The lowest BCUT2D eigenvalue weighted by Gasteiger charge is -2.24. The summed E-state index contributed by atoms with van der Waals surface area (Å²) in [5.74, 6) is 0. The molecule has 3 heteroatoms. The second-order valence-corrected chi connectivity index (χ2v) is 4.83. The van der Waals surface area contributed by atoms with Crippen molar-refractivity contribution in [2.24, 2.45) is 0 Å². The van der Waals surface area contributed by atoms with Gasteiger partial charge >= 0.3 is 0 Å². The van der Waals surface area contributed by atoms with Gasteiger partial charge in [-0.15, -0.1) is 0 Å². The largest absolute Gasteiger partial charge is 0.370 e. The number of anilines is 1. The molecule has 2 rings (SSSR count). The standard InChI is InChI=1S/C12H17BrN2/c1-10-11(13)4-2-5-12(10)15-8-3-6-14-7-9-15/h2,4-5,14H,3,6-9H2,1H3. The van der Waals surface area contributed by atoms with Crippen LogP contribution >= 0.6 is 15.9 Å². The number of nitrogens with one attached hydrogen (secondary N) is 1. The van der Waals surface area contributed by atoms with Crippen molar-refractivity contribution in [3.8, 4) is 0 Å². The molecule has 82 valence electrons. The van der Waals surface area contributed by atoms with Gasteiger partial charge in [0.15, 0.2) is 0 Å². The van der Waals surface area contributed by atoms with Crippen LogP contribution in [-0.4, -0.2) is 26.2 Å². The topological polar surface area (TPSA) is 15.3 Å². The Bertz CT molecular complexity index is 330. The first-order valence-corrected chi connectivity index (χ1v) is 6.29. The minimum atomic E-state index is 1.09. The van der Waals surface area contributed by atoms with E-state index < -0.39 is 0 Å². The summed E-state index contributed by atoms with van der Waals surface area (Å²) in [4.78, 5) is 2.47. The Kier molecular flexibility index (Phi) is 3.65. The highest BCUT2D eigenvalue weighted by Crippen LogP contribution is 2.27. The first kappa shape index (κ1) is 11.0. The van der Waals surface area contributed by atoms with Gasteiger partial charge in [0.2, 0.25) is 0 Å². The lowest BCUT2D eigenvalue weighted by molar-refractivity contribution is 0.724. The fourth-order valence-electron chi connectivity index (χ4n) is 2.03. The Morgan fingerprint density at radius 3 is 3.00 bits per heavy atom. The summed E-state index contributed by atoms with van der Waals surface area (Å²) in [5.41, 5.74) is 2.72. The third-order valence-electron chi connectivity index (χ3n) is 2.92. The van der Waals surface area contributed by atoms with Crippen LogP contribution in [0.15, 0.2) is 22.7 Å². The second kappa shape index (κ2) is 4.99. The van der Waals surface area contributed by atoms with E-state index in [1.807, 2.05) is 0 Å². The summed E-state index contributed by atoms with van der Waals surface area (Å²) in [6, 6.07) is 6.44. The number of hydrogen-bond donors (Lipinski definition) is 1. The maximum atomic E-state index is 3.59. The average Bonchev–Trinajstić information content (AvgIpc) is 2.50. The van der Waals surface area contributed by atoms with Crippen LogP contribution in [0.25, 0.3) is 0 Å². The van der Waals surface area contributed by atoms with Gasteiger partial charge in [-0.1, -0.05) is 22.0 Å². The molecule has 0 radical (unpaired) electrons. The van der Waals surface area contributed by atoms with Crippen molar-refractivity contribution >= 4 is 21.6 Å². The fourth-order valence-corrected chi connectivity index (χ4v) is 2.38. The van der Waals surface area contributed by atoms with Gasteiger partial charge in [0, 0.05) is 29.8 Å². The molecule has 1 fully saturated rings. The minimum Gasteiger partial charge on any atom is -0.370 e. The molecule has 1 aliphatic rings. The van der Waals surface area contributed by atoms with Gasteiger partial charge in [0.25, 0.3) is 0 Å². The van der Waals surface area contributed by atoms with Crippen LogP contribution in [0.2, 0.25) is 0 Å². The van der Waals surface area contributed by atoms with Gasteiger partial charge in [0.1, 0.15) is 0 Å². The van der Waals surface area contributed by atoms with E-state index in [1.54, 1.807) is 0 Å². The van der Waals surface area contributed by atoms with E-state index in [-0.39, 0.29) is 0 Å². The van der Waals surface area contributed by atoms with E-state index in [9.17, 15) is 0 Å². The molecule has 1 N–H and O–H groups in total. The van der Waals surface area contributed by atoms with Gasteiger partial charge in [-0.2, -0.15) is 0 Å². The molecule has 1 aliphatic heterocycles. The first-order chi connectivity index (χ1) is 7.29. The molecule has 0 aromatic heterocycles. The summed E-state index contributed by atoms with van der Waals surface area (Å²) >= 11 is 3.59. The average molecular weight is 269 g/mol.